The second-order valence-electron chi connectivity index (χ2n) is 4.84. The Morgan fingerprint density at radius 1 is 1.50 bits per heavy atom. The molecule has 0 radical (unpaired) electrons. The smallest absolute Gasteiger partial charge is 0.272 e. The fraction of sp³-hybridized carbons (Fsp3) is 0.643. The Hall–Kier alpha value is -1.43. The zero-order valence-corrected chi connectivity index (χ0v) is 13.5. The molecule has 5 nitrogen and oxygen atoms in total. The first-order valence-corrected chi connectivity index (χ1v) is 7.50. The molecule has 0 bridgehead atoms. The van der Waals surface area contributed by atoms with Crippen LogP contribution in [0.4, 0.5) is 0 Å². The zero-order valence-electron chi connectivity index (χ0n) is 12.7. The standard InChI is InChI=1S/C14H24N4OS/c1-5-11-8-12(18(7-3)16-11)14(19)17(6-2)9-10(4)13(15)20/h8,10H,5-7,9H2,1-4H3,(H2,15,20). The van der Waals surface area contributed by atoms with Gasteiger partial charge in [-0.25, -0.2) is 0 Å². The van der Waals surface area contributed by atoms with Crippen LogP contribution in [-0.2, 0) is 13.0 Å². The van der Waals surface area contributed by atoms with Crippen LogP contribution in [0.5, 0.6) is 0 Å². The first-order valence-electron chi connectivity index (χ1n) is 7.09. The Kier molecular flexibility index (Phi) is 6.13. The largest absolute Gasteiger partial charge is 0.393 e. The first kappa shape index (κ1) is 16.6. The van der Waals surface area contributed by atoms with E-state index in [4.69, 9.17) is 18.0 Å². The van der Waals surface area contributed by atoms with Crippen LogP contribution in [0.3, 0.4) is 0 Å². The summed E-state index contributed by atoms with van der Waals surface area (Å²) >= 11 is 4.98. The molecule has 6 heteroatoms. The topological polar surface area (TPSA) is 64.2 Å². The van der Waals surface area contributed by atoms with Gasteiger partial charge in [0, 0.05) is 25.6 Å². The molecule has 0 aliphatic heterocycles. The van der Waals surface area contributed by atoms with Crippen molar-refractivity contribution in [2.45, 2.75) is 40.7 Å². The summed E-state index contributed by atoms with van der Waals surface area (Å²) in [6.45, 7) is 9.76. The molecule has 0 saturated carbocycles. The van der Waals surface area contributed by atoms with Crippen LogP contribution in [-0.4, -0.2) is 38.7 Å². The van der Waals surface area contributed by atoms with E-state index in [0.29, 0.717) is 30.3 Å². The molecule has 1 atom stereocenters. The number of carbonyl (C=O) groups excluding carboxylic acids is 1. The van der Waals surface area contributed by atoms with Crippen molar-refractivity contribution in [1.29, 1.82) is 0 Å². The van der Waals surface area contributed by atoms with E-state index < -0.39 is 0 Å². The molecule has 20 heavy (non-hydrogen) atoms. The number of nitrogens with zero attached hydrogens (tertiary/aromatic N) is 3. The number of amides is 1. The molecule has 2 N–H and O–H groups in total. The maximum absolute atomic E-state index is 12.6. The highest BCUT2D eigenvalue weighted by molar-refractivity contribution is 7.80. The summed E-state index contributed by atoms with van der Waals surface area (Å²) in [6.07, 6.45) is 0.822. The molecule has 1 unspecified atom stereocenters. The molecule has 1 aromatic rings. The molecular formula is C14H24N4OS. The monoisotopic (exact) mass is 296 g/mol. The third-order valence-electron chi connectivity index (χ3n) is 3.36. The minimum absolute atomic E-state index is 0.00958. The lowest BCUT2D eigenvalue weighted by atomic mass is 10.1. The van der Waals surface area contributed by atoms with Gasteiger partial charge in [0.25, 0.3) is 5.91 Å². The van der Waals surface area contributed by atoms with Crippen LogP contribution < -0.4 is 5.73 Å². The van der Waals surface area contributed by atoms with Crippen molar-refractivity contribution in [1.82, 2.24) is 14.7 Å². The van der Waals surface area contributed by atoms with Gasteiger partial charge in [0.05, 0.1) is 10.7 Å². The molecule has 1 heterocycles. The third kappa shape index (κ3) is 3.79. The highest BCUT2D eigenvalue weighted by Crippen LogP contribution is 2.11. The highest BCUT2D eigenvalue weighted by atomic mass is 32.1. The van der Waals surface area contributed by atoms with Crippen molar-refractivity contribution in [2.75, 3.05) is 13.1 Å². The molecule has 0 aliphatic rings. The molecule has 0 saturated heterocycles. The van der Waals surface area contributed by atoms with E-state index in [2.05, 4.69) is 5.10 Å². The minimum atomic E-state index is -0.00958. The van der Waals surface area contributed by atoms with Gasteiger partial charge in [0.2, 0.25) is 0 Å². The molecule has 0 aromatic carbocycles. The Bertz CT molecular complexity index is 484. The summed E-state index contributed by atoms with van der Waals surface area (Å²) in [5, 5.41) is 4.42. The summed E-state index contributed by atoms with van der Waals surface area (Å²) in [6, 6.07) is 1.87. The number of nitrogens with two attached hydrogens (primary N) is 1. The quantitative estimate of drug-likeness (QED) is 0.780. The first-order chi connectivity index (χ1) is 9.44. The van der Waals surface area contributed by atoms with E-state index in [9.17, 15) is 4.79 Å². The van der Waals surface area contributed by atoms with Crippen molar-refractivity contribution in [3.63, 3.8) is 0 Å². The highest BCUT2D eigenvalue weighted by Gasteiger charge is 2.21. The third-order valence-corrected chi connectivity index (χ3v) is 3.76. The Labute approximate surface area is 126 Å². The van der Waals surface area contributed by atoms with Crippen LogP contribution >= 0.6 is 12.2 Å². The fourth-order valence-corrected chi connectivity index (χ4v) is 2.07. The van der Waals surface area contributed by atoms with Gasteiger partial charge < -0.3 is 10.6 Å². The van der Waals surface area contributed by atoms with Gasteiger partial charge in [-0.1, -0.05) is 26.1 Å². The molecule has 0 spiro atoms. The number of thiocarbonyl (C=S) groups is 1. The molecule has 0 aliphatic carbocycles. The van der Waals surface area contributed by atoms with Crippen molar-refractivity contribution >= 4 is 23.1 Å². The molecule has 1 amide bonds. The van der Waals surface area contributed by atoms with Gasteiger partial charge in [-0.3, -0.25) is 9.48 Å². The van der Waals surface area contributed by atoms with E-state index in [0.717, 1.165) is 12.1 Å². The van der Waals surface area contributed by atoms with Crippen LogP contribution in [0, 0.1) is 5.92 Å². The zero-order chi connectivity index (χ0) is 15.3. The summed E-state index contributed by atoms with van der Waals surface area (Å²) in [4.78, 5) is 14.8. The minimum Gasteiger partial charge on any atom is -0.393 e. The summed E-state index contributed by atoms with van der Waals surface area (Å²) in [5.41, 5.74) is 7.21. The number of hydrogen-bond donors (Lipinski definition) is 1. The van der Waals surface area contributed by atoms with Gasteiger partial charge in [0.15, 0.2) is 0 Å². The van der Waals surface area contributed by atoms with Gasteiger partial charge >= 0.3 is 0 Å². The molecule has 0 fully saturated rings. The summed E-state index contributed by atoms with van der Waals surface area (Å²) in [5.74, 6) is 0.00203. The van der Waals surface area contributed by atoms with E-state index in [1.54, 1.807) is 9.58 Å². The molecule has 1 rings (SSSR count). The summed E-state index contributed by atoms with van der Waals surface area (Å²) in [7, 11) is 0. The van der Waals surface area contributed by atoms with E-state index in [1.807, 2.05) is 33.8 Å². The van der Waals surface area contributed by atoms with E-state index in [1.165, 1.54) is 0 Å². The second kappa shape index (κ2) is 7.38. The van der Waals surface area contributed by atoms with Crippen LogP contribution in [0.15, 0.2) is 6.07 Å². The van der Waals surface area contributed by atoms with Gasteiger partial charge in [0.1, 0.15) is 5.69 Å². The molecular weight excluding hydrogens is 272 g/mol. The average Bonchev–Trinajstić information content (AvgIpc) is 2.86. The van der Waals surface area contributed by atoms with Crippen LogP contribution in [0.2, 0.25) is 0 Å². The van der Waals surface area contributed by atoms with Gasteiger partial charge in [-0.05, 0) is 26.3 Å². The van der Waals surface area contributed by atoms with E-state index in [-0.39, 0.29) is 11.8 Å². The second-order valence-corrected chi connectivity index (χ2v) is 5.31. The lowest BCUT2D eigenvalue weighted by molar-refractivity contribution is 0.0742. The predicted molar refractivity (Wildman–Crippen MR) is 84.8 cm³/mol. The maximum atomic E-state index is 12.6. The van der Waals surface area contributed by atoms with E-state index >= 15 is 0 Å². The normalized spacial score (nSPS) is 12.2. The maximum Gasteiger partial charge on any atom is 0.272 e. The number of aryl methyl sites for hydroxylation is 2. The molecule has 1 aromatic heterocycles. The van der Waals surface area contributed by atoms with Gasteiger partial charge in [-0.2, -0.15) is 5.10 Å². The lowest BCUT2D eigenvalue weighted by Gasteiger charge is -2.24. The predicted octanol–water partition coefficient (Wildman–Crippen LogP) is 1.85. The lowest BCUT2D eigenvalue weighted by Crippen LogP contribution is -2.39. The number of aromatic nitrogens is 2. The Morgan fingerprint density at radius 2 is 2.15 bits per heavy atom. The summed E-state index contributed by atoms with van der Waals surface area (Å²) < 4.78 is 1.76. The SMILES string of the molecule is CCc1cc(C(=O)N(CC)CC(C)C(N)=S)n(CC)n1. The van der Waals surface area contributed by atoms with Crippen molar-refractivity contribution in [3.8, 4) is 0 Å². The van der Waals surface area contributed by atoms with Crippen molar-refractivity contribution < 1.29 is 4.79 Å². The molecule has 112 valence electrons. The van der Waals surface area contributed by atoms with Crippen LogP contribution in [0.1, 0.15) is 43.9 Å². The fourth-order valence-electron chi connectivity index (χ4n) is 1.99. The number of hydrogen-bond acceptors (Lipinski definition) is 3. The number of rotatable bonds is 7. The van der Waals surface area contributed by atoms with Crippen molar-refractivity contribution in [3.05, 3.63) is 17.5 Å². The average molecular weight is 296 g/mol. The van der Waals surface area contributed by atoms with Crippen LogP contribution in [0.25, 0.3) is 0 Å². The number of carbonyl (C=O) groups is 1. The Morgan fingerprint density at radius 3 is 2.60 bits per heavy atom. The van der Waals surface area contributed by atoms with Gasteiger partial charge in [-0.15, -0.1) is 0 Å². The van der Waals surface area contributed by atoms with Crippen molar-refractivity contribution in [2.24, 2.45) is 11.7 Å². The Balaban J connectivity index is 2.95.